The lowest BCUT2D eigenvalue weighted by Gasteiger charge is -2.32. The summed E-state index contributed by atoms with van der Waals surface area (Å²) in [6, 6.07) is 15.3. The van der Waals surface area contributed by atoms with Crippen molar-refractivity contribution < 1.29 is 31.9 Å². The summed E-state index contributed by atoms with van der Waals surface area (Å²) in [4.78, 5) is 28.1. The average molecular weight is 586 g/mol. The summed E-state index contributed by atoms with van der Waals surface area (Å²) < 4.78 is 53.2. The number of rotatable bonds is 12. The Labute approximate surface area is 240 Å². The van der Waals surface area contributed by atoms with Gasteiger partial charge in [-0.15, -0.1) is 0 Å². The van der Waals surface area contributed by atoms with Crippen molar-refractivity contribution in [3.63, 3.8) is 0 Å². The Morgan fingerprint density at radius 3 is 2.07 bits per heavy atom. The Morgan fingerprint density at radius 2 is 1.51 bits per heavy atom. The molecule has 0 spiro atoms. The number of hydrogen-bond acceptors (Lipinski definition) is 6. The molecule has 0 aromatic heterocycles. The molecule has 0 aliphatic heterocycles. The SMILES string of the molecule is COc1ccc(S(=O)(=O)N(CC(=O)N(Cc2ccc(F)cc2)C(C)C(=O)NC(C)C)c2ccc(C)cc2)cc1OC. The number of amides is 2. The molecule has 41 heavy (non-hydrogen) atoms. The summed E-state index contributed by atoms with van der Waals surface area (Å²) in [5.74, 6) is -0.908. The van der Waals surface area contributed by atoms with E-state index in [9.17, 15) is 22.4 Å². The van der Waals surface area contributed by atoms with Gasteiger partial charge in [-0.25, -0.2) is 12.8 Å². The number of methoxy groups -OCH3 is 2. The highest BCUT2D eigenvalue weighted by atomic mass is 32.2. The monoisotopic (exact) mass is 585 g/mol. The molecule has 3 aromatic carbocycles. The molecule has 0 heterocycles. The van der Waals surface area contributed by atoms with Gasteiger partial charge in [0.2, 0.25) is 11.8 Å². The van der Waals surface area contributed by atoms with Crippen molar-refractivity contribution in [2.75, 3.05) is 25.1 Å². The summed E-state index contributed by atoms with van der Waals surface area (Å²) in [7, 11) is -1.46. The Bertz CT molecular complexity index is 1460. The third-order valence-corrected chi connectivity index (χ3v) is 8.18. The number of carbonyl (C=O) groups excluding carboxylic acids is 2. The van der Waals surface area contributed by atoms with E-state index in [0.717, 1.165) is 9.87 Å². The van der Waals surface area contributed by atoms with Crippen molar-refractivity contribution in [2.24, 2.45) is 0 Å². The Balaban J connectivity index is 2.06. The summed E-state index contributed by atoms with van der Waals surface area (Å²) in [5, 5.41) is 2.79. The number of hydrogen-bond donors (Lipinski definition) is 1. The highest BCUT2D eigenvalue weighted by molar-refractivity contribution is 7.92. The Morgan fingerprint density at radius 1 is 0.902 bits per heavy atom. The van der Waals surface area contributed by atoms with Crippen molar-refractivity contribution in [2.45, 2.75) is 51.2 Å². The molecular formula is C30H36FN3O6S. The number of anilines is 1. The maximum Gasteiger partial charge on any atom is 0.264 e. The average Bonchev–Trinajstić information content (AvgIpc) is 2.94. The first-order chi connectivity index (χ1) is 19.4. The first-order valence-electron chi connectivity index (χ1n) is 13.0. The predicted octanol–water partition coefficient (Wildman–Crippen LogP) is 4.29. The number of halogens is 1. The van der Waals surface area contributed by atoms with Gasteiger partial charge in [0.15, 0.2) is 11.5 Å². The van der Waals surface area contributed by atoms with Gasteiger partial charge < -0.3 is 19.7 Å². The number of ether oxygens (including phenoxy) is 2. The van der Waals surface area contributed by atoms with Crippen molar-refractivity contribution in [3.05, 3.63) is 83.7 Å². The van der Waals surface area contributed by atoms with Crippen LogP contribution in [0.2, 0.25) is 0 Å². The van der Waals surface area contributed by atoms with Crippen LogP contribution in [0.15, 0.2) is 71.6 Å². The van der Waals surface area contributed by atoms with Gasteiger partial charge >= 0.3 is 0 Å². The minimum atomic E-state index is -4.30. The van der Waals surface area contributed by atoms with E-state index in [4.69, 9.17) is 9.47 Å². The number of aryl methyl sites for hydroxylation is 1. The van der Waals surface area contributed by atoms with Crippen LogP contribution in [0.25, 0.3) is 0 Å². The number of nitrogens with zero attached hydrogens (tertiary/aromatic N) is 2. The van der Waals surface area contributed by atoms with Gasteiger partial charge in [0.1, 0.15) is 18.4 Å². The summed E-state index contributed by atoms with van der Waals surface area (Å²) in [6.07, 6.45) is 0. The van der Waals surface area contributed by atoms with Crippen molar-refractivity contribution in [1.82, 2.24) is 10.2 Å². The van der Waals surface area contributed by atoms with Crippen LogP contribution in [0.5, 0.6) is 11.5 Å². The molecule has 2 amide bonds. The Kier molecular flexibility index (Phi) is 10.3. The lowest BCUT2D eigenvalue weighted by Crippen LogP contribution is -2.52. The quantitative estimate of drug-likeness (QED) is 0.340. The summed E-state index contributed by atoms with van der Waals surface area (Å²) in [5.41, 5.74) is 1.74. The molecule has 220 valence electrons. The Hall–Kier alpha value is -4.12. The van der Waals surface area contributed by atoms with E-state index >= 15 is 0 Å². The van der Waals surface area contributed by atoms with Crippen LogP contribution >= 0.6 is 0 Å². The molecule has 0 bridgehead atoms. The third kappa shape index (κ3) is 7.75. The molecular weight excluding hydrogens is 549 g/mol. The van der Waals surface area contributed by atoms with Crippen molar-refractivity contribution in [3.8, 4) is 11.5 Å². The van der Waals surface area contributed by atoms with Crippen LogP contribution in [0.1, 0.15) is 31.9 Å². The van der Waals surface area contributed by atoms with E-state index in [2.05, 4.69) is 5.32 Å². The van der Waals surface area contributed by atoms with E-state index in [1.54, 1.807) is 45.0 Å². The van der Waals surface area contributed by atoms with Crippen LogP contribution < -0.4 is 19.1 Å². The van der Waals surface area contributed by atoms with Crippen LogP contribution in [-0.4, -0.2) is 58.0 Å². The molecule has 0 saturated carbocycles. The first kappa shape index (κ1) is 31.4. The largest absolute Gasteiger partial charge is 0.493 e. The molecule has 3 aromatic rings. The minimum Gasteiger partial charge on any atom is -0.493 e. The molecule has 0 aliphatic carbocycles. The lowest BCUT2D eigenvalue weighted by atomic mass is 10.1. The van der Waals surface area contributed by atoms with Crippen LogP contribution in [0, 0.1) is 12.7 Å². The highest BCUT2D eigenvalue weighted by Gasteiger charge is 2.33. The third-order valence-electron chi connectivity index (χ3n) is 6.41. The standard InChI is InChI=1S/C30H36FN3O6S/c1-20(2)32-30(36)22(4)33(18-23-9-11-24(31)12-10-23)29(35)19-34(25-13-7-21(3)8-14-25)41(37,38)26-15-16-27(39-5)28(17-26)40-6/h7-17,20,22H,18-19H2,1-6H3,(H,32,36). The number of sulfonamides is 1. The van der Waals surface area contributed by atoms with E-state index < -0.39 is 40.2 Å². The van der Waals surface area contributed by atoms with Crippen LogP contribution in [0.3, 0.4) is 0 Å². The zero-order valence-electron chi connectivity index (χ0n) is 24.0. The minimum absolute atomic E-state index is 0.0378. The first-order valence-corrected chi connectivity index (χ1v) is 14.5. The van der Waals surface area contributed by atoms with Gasteiger partial charge in [0, 0.05) is 18.7 Å². The summed E-state index contributed by atoms with van der Waals surface area (Å²) >= 11 is 0. The molecule has 1 N–H and O–H groups in total. The van der Waals surface area contributed by atoms with E-state index in [1.165, 1.54) is 61.6 Å². The fraction of sp³-hybridized carbons (Fsp3) is 0.333. The molecule has 9 nitrogen and oxygen atoms in total. The molecule has 3 rings (SSSR count). The smallest absolute Gasteiger partial charge is 0.264 e. The topological polar surface area (TPSA) is 105 Å². The molecule has 0 aliphatic rings. The fourth-order valence-electron chi connectivity index (χ4n) is 4.12. The van der Waals surface area contributed by atoms with E-state index in [1.807, 2.05) is 6.92 Å². The molecule has 0 fully saturated rings. The van der Waals surface area contributed by atoms with Gasteiger partial charge in [-0.1, -0.05) is 29.8 Å². The van der Waals surface area contributed by atoms with Gasteiger partial charge in [0.05, 0.1) is 24.8 Å². The van der Waals surface area contributed by atoms with Crippen molar-refractivity contribution >= 4 is 27.5 Å². The number of benzene rings is 3. The zero-order valence-corrected chi connectivity index (χ0v) is 24.9. The van der Waals surface area contributed by atoms with Gasteiger partial charge in [-0.05, 0) is 69.7 Å². The number of carbonyl (C=O) groups is 2. The second kappa shape index (κ2) is 13.5. The maximum absolute atomic E-state index is 14.0. The van der Waals surface area contributed by atoms with Gasteiger partial charge in [-0.3, -0.25) is 13.9 Å². The lowest BCUT2D eigenvalue weighted by molar-refractivity contribution is -0.139. The molecule has 0 saturated heterocycles. The maximum atomic E-state index is 14.0. The molecule has 1 unspecified atom stereocenters. The number of nitrogens with one attached hydrogen (secondary N) is 1. The molecule has 11 heteroatoms. The fourth-order valence-corrected chi connectivity index (χ4v) is 5.55. The van der Waals surface area contributed by atoms with E-state index in [0.29, 0.717) is 11.3 Å². The normalized spacial score (nSPS) is 12.0. The van der Waals surface area contributed by atoms with Crippen molar-refractivity contribution in [1.29, 1.82) is 0 Å². The second-order valence-electron chi connectivity index (χ2n) is 9.85. The van der Waals surface area contributed by atoms with Gasteiger partial charge in [-0.2, -0.15) is 0 Å². The van der Waals surface area contributed by atoms with Crippen LogP contribution in [-0.2, 0) is 26.2 Å². The second-order valence-corrected chi connectivity index (χ2v) is 11.7. The summed E-state index contributed by atoms with van der Waals surface area (Å²) in [6.45, 7) is 6.39. The van der Waals surface area contributed by atoms with Crippen LogP contribution in [0.4, 0.5) is 10.1 Å². The van der Waals surface area contributed by atoms with Gasteiger partial charge in [0.25, 0.3) is 10.0 Å². The molecule has 0 radical (unpaired) electrons. The zero-order chi connectivity index (χ0) is 30.3. The predicted molar refractivity (Wildman–Crippen MR) is 155 cm³/mol. The van der Waals surface area contributed by atoms with E-state index in [-0.39, 0.29) is 28.9 Å². The highest BCUT2D eigenvalue weighted by Crippen LogP contribution is 2.32. The molecule has 1 atom stereocenters.